The predicted octanol–water partition coefficient (Wildman–Crippen LogP) is 3.43. The molecule has 0 saturated heterocycles. The molecule has 0 radical (unpaired) electrons. The van der Waals surface area contributed by atoms with Gasteiger partial charge in [-0.15, -0.1) is 0 Å². The topological polar surface area (TPSA) is 71.0 Å². The number of nitrogens with zero attached hydrogens (tertiary/aromatic N) is 3. The lowest BCUT2D eigenvalue weighted by molar-refractivity contribution is 0.0892. The summed E-state index contributed by atoms with van der Waals surface area (Å²) < 4.78 is 0. The molecule has 0 amide bonds. The van der Waals surface area contributed by atoms with Gasteiger partial charge in [0.15, 0.2) is 5.78 Å². The fourth-order valence-corrected chi connectivity index (χ4v) is 3.30. The lowest BCUT2D eigenvalue weighted by Gasteiger charge is -2.22. The van der Waals surface area contributed by atoms with Crippen LogP contribution in [0, 0.1) is 0 Å². The van der Waals surface area contributed by atoms with E-state index in [0.29, 0.717) is 0 Å². The number of ketones is 1. The van der Waals surface area contributed by atoms with E-state index in [1.165, 1.54) is 0 Å². The van der Waals surface area contributed by atoms with Gasteiger partial charge in [-0.1, -0.05) is 31.0 Å². The van der Waals surface area contributed by atoms with E-state index in [4.69, 9.17) is 5.73 Å². The molecule has 132 valence electrons. The van der Waals surface area contributed by atoms with E-state index in [2.05, 4.69) is 28.2 Å². The Bertz CT molecular complexity index is 564. The Labute approximate surface area is 145 Å². The van der Waals surface area contributed by atoms with Crippen LogP contribution in [0.2, 0.25) is 0 Å². The zero-order valence-corrected chi connectivity index (χ0v) is 15.0. The molecule has 0 aliphatic heterocycles. The van der Waals surface area contributed by atoms with Crippen LogP contribution in [0.1, 0.15) is 54.9 Å². The van der Waals surface area contributed by atoms with Crippen LogP contribution < -0.4 is 5.73 Å². The third-order valence-electron chi connectivity index (χ3n) is 4.63. The van der Waals surface area contributed by atoms with E-state index in [0.717, 1.165) is 69.4 Å². The minimum atomic E-state index is -0.644. The van der Waals surface area contributed by atoms with E-state index in [1.807, 2.05) is 25.1 Å². The molecule has 1 fully saturated rings. The highest BCUT2D eigenvalue weighted by molar-refractivity contribution is 6.03. The first kappa shape index (κ1) is 18.7. The minimum absolute atomic E-state index is 0.101. The van der Waals surface area contributed by atoms with Crippen molar-refractivity contribution in [2.75, 3.05) is 26.7 Å². The fourth-order valence-electron chi connectivity index (χ4n) is 3.30. The van der Waals surface area contributed by atoms with E-state index in [9.17, 15) is 4.79 Å². The number of Topliss-reactive ketones (excluding diaryl/α,β-unsaturated/α-hetero) is 1. The van der Waals surface area contributed by atoms with Gasteiger partial charge in [0.1, 0.15) is 0 Å². The molecule has 2 rings (SSSR count). The maximum Gasteiger partial charge on any atom is 0.182 e. The summed E-state index contributed by atoms with van der Waals surface area (Å²) in [6.45, 7) is 5.29. The molecule has 0 atom stereocenters. The van der Waals surface area contributed by atoms with Gasteiger partial charge in [-0.05, 0) is 44.9 Å². The maximum absolute atomic E-state index is 12.7. The van der Waals surface area contributed by atoms with Crippen molar-refractivity contribution >= 4 is 5.78 Å². The molecule has 1 saturated carbocycles. The second-order valence-electron chi connectivity index (χ2n) is 6.81. The van der Waals surface area contributed by atoms with Gasteiger partial charge in [-0.3, -0.25) is 4.79 Å². The Morgan fingerprint density at radius 1 is 1.29 bits per heavy atom. The normalized spacial score (nSPS) is 17.0. The number of hydrogen-bond acceptors (Lipinski definition) is 5. The van der Waals surface area contributed by atoms with Crippen molar-refractivity contribution in [1.29, 1.82) is 0 Å². The van der Waals surface area contributed by atoms with Crippen LogP contribution in [0.25, 0.3) is 0 Å². The van der Waals surface area contributed by atoms with Crippen LogP contribution in [-0.2, 0) is 6.54 Å². The molecule has 0 unspecified atom stereocenters. The molecular formula is C19H30N4O. The summed E-state index contributed by atoms with van der Waals surface area (Å²) in [5, 5.41) is 8.08. The highest BCUT2D eigenvalue weighted by Crippen LogP contribution is 2.30. The van der Waals surface area contributed by atoms with Crippen molar-refractivity contribution in [2.45, 2.75) is 51.1 Å². The average molecular weight is 330 g/mol. The predicted molar refractivity (Wildman–Crippen MR) is 97.4 cm³/mol. The molecular weight excluding hydrogens is 300 g/mol. The van der Waals surface area contributed by atoms with Gasteiger partial charge in [0.25, 0.3) is 0 Å². The molecule has 0 aromatic heterocycles. The van der Waals surface area contributed by atoms with E-state index in [-0.39, 0.29) is 5.78 Å². The number of benzene rings is 1. The second kappa shape index (κ2) is 9.04. The summed E-state index contributed by atoms with van der Waals surface area (Å²) in [5.74, 6) is 0.101. The zero-order valence-electron chi connectivity index (χ0n) is 15.0. The Morgan fingerprint density at radius 2 is 2.04 bits per heavy atom. The number of carbonyl (C=O) groups is 1. The van der Waals surface area contributed by atoms with Crippen molar-refractivity contribution < 1.29 is 4.79 Å². The second-order valence-corrected chi connectivity index (χ2v) is 6.81. The van der Waals surface area contributed by atoms with Crippen LogP contribution in [0.4, 0.5) is 0 Å². The van der Waals surface area contributed by atoms with Crippen LogP contribution >= 0.6 is 0 Å². The van der Waals surface area contributed by atoms with Gasteiger partial charge in [-0.2, -0.15) is 10.2 Å². The molecule has 0 bridgehead atoms. The average Bonchev–Trinajstić information content (AvgIpc) is 3.02. The lowest BCUT2D eigenvalue weighted by Crippen LogP contribution is -2.45. The van der Waals surface area contributed by atoms with Crippen molar-refractivity contribution in [3.05, 3.63) is 35.4 Å². The highest BCUT2D eigenvalue weighted by atomic mass is 16.1. The number of nitrogens with two attached hydrogens (primary N) is 1. The Balaban J connectivity index is 1.90. The van der Waals surface area contributed by atoms with E-state index in [1.54, 1.807) is 0 Å². The molecule has 0 heterocycles. The molecule has 5 heteroatoms. The quantitative estimate of drug-likeness (QED) is 0.428. The number of hydrogen-bond donors (Lipinski definition) is 1. The maximum atomic E-state index is 12.7. The number of carbonyl (C=O) groups excluding carboxylic acids is 1. The first-order valence-corrected chi connectivity index (χ1v) is 8.99. The largest absolute Gasteiger partial charge is 0.319 e. The zero-order chi connectivity index (χ0) is 17.4. The molecule has 1 aliphatic rings. The van der Waals surface area contributed by atoms with Gasteiger partial charge < -0.3 is 10.6 Å². The van der Waals surface area contributed by atoms with Gasteiger partial charge in [0, 0.05) is 18.7 Å². The Hall–Kier alpha value is -1.59. The van der Waals surface area contributed by atoms with E-state index >= 15 is 0 Å². The highest BCUT2D eigenvalue weighted by Gasteiger charge is 2.37. The molecule has 2 N–H and O–H groups in total. The van der Waals surface area contributed by atoms with Gasteiger partial charge in [-0.25, -0.2) is 0 Å². The van der Waals surface area contributed by atoms with Crippen molar-refractivity contribution in [3.63, 3.8) is 0 Å². The summed E-state index contributed by atoms with van der Waals surface area (Å²) >= 11 is 0. The molecule has 24 heavy (non-hydrogen) atoms. The van der Waals surface area contributed by atoms with Crippen molar-refractivity contribution in [1.82, 2.24) is 4.90 Å². The van der Waals surface area contributed by atoms with E-state index < -0.39 is 5.54 Å². The first-order chi connectivity index (χ1) is 11.5. The van der Waals surface area contributed by atoms with Crippen LogP contribution in [0.5, 0.6) is 0 Å². The van der Waals surface area contributed by atoms with Crippen LogP contribution in [0.3, 0.4) is 0 Å². The molecule has 1 aliphatic carbocycles. The Morgan fingerprint density at radius 3 is 2.75 bits per heavy atom. The van der Waals surface area contributed by atoms with Crippen molar-refractivity contribution in [3.8, 4) is 0 Å². The smallest absolute Gasteiger partial charge is 0.182 e. The third kappa shape index (κ3) is 5.21. The standard InChI is InChI=1S/C19H30N4O/c1-3-21-22-12-7-13-23(2)15-16-8-6-9-17(14-16)18(24)19(20)10-4-5-11-19/h6,8-9,14H,3-5,7,10-13,15,20H2,1-2H3/b22-21+. The van der Waals surface area contributed by atoms with Gasteiger partial charge in [0.2, 0.25) is 0 Å². The Kier molecular flexibility index (Phi) is 7.06. The molecule has 0 spiro atoms. The molecule has 1 aromatic rings. The molecule has 1 aromatic carbocycles. The summed E-state index contributed by atoms with van der Waals surface area (Å²) in [6.07, 6.45) is 4.72. The van der Waals surface area contributed by atoms with Crippen LogP contribution in [0.15, 0.2) is 34.5 Å². The summed E-state index contributed by atoms with van der Waals surface area (Å²) in [4.78, 5) is 15.0. The summed E-state index contributed by atoms with van der Waals surface area (Å²) in [7, 11) is 2.09. The SMILES string of the molecule is CC/N=N/CCCN(C)Cc1cccc(C(=O)C2(N)CCCC2)c1. The lowest BCUT2D eigenvalue weighted by atomic mass is 9.88. The third-order valence-corrected chi connectivity index (χ3v) is 4.63. The number of azo groups is 1. The first-order valence-electron chi connectivity index (χ1n) is 8.99. The number of rotatable bonds is 9. The van der Waals surface area contributed by atoms with Gasteiger partial charge in [0.05, 0.1) is 18.6 Å². The summed E-state index contributed by atoms with van der Waals surface area (Å²) in [5.41, 5.74) is 7.57. The van der Waals surface area contributed by atoms with Crippen LogP contribution in [-0.4, -0.2) is 42.9 Å². The summed E-state index contributed by atoms with van der Waals surface area (Å²) in [6, 6.07) is 7.93. The van der Waals surface area contributed by atoms with Crippen molar-refractivity contribution in [2.24, 2.45) is 16.0 Å². The molecule has 5 nitrogen and oxygen atoms in total. The van der Waals surface area contributed by atoms with Gasteiger partial charge >= 0.3 is 0 Å². The fraction of sp³-hybridized carbons (Fsp3) is 0.632. The monoisotopic (exact) mass is 330 g/mol. The minimum Gasteiger partial charge on any atom is -0.319 e.